The molecule has 0 spiro atoms. The normalized spacial score (nSPS) is 37.0. The van der Waals surface area contributed by atoms with Crippen LogP contribution in [0.5, 0.6) is 0 Å². The quantitative estimate of drug-likeness (QED) is 0.743. The summed E-state index contributed by atoms with van der Waals surface area (Å²) in [5, 5.41) is 9.12. The largest absolute Gasteiger partial charge is 0.393 e. The van der Waals surface area contributed by atoms with Crippen molar-refractivity contribution in [1.82, 2.24) is 9.03 Å². The molecule has 2 rings (SSSR count). The molecule has 0 aromatic carbocycles. The third kappa shape index (κ3) is 2.74. The number of rotatable bonds is 3. The van der Waals surface area contributed by atoms with E-state index in [1.807, 2.05) is 0 Å². The Hall–Kier alpha value is -0.170. The zero-order chi connectivity index (χ0) is 11.8. The standard InChI is InChI=1S/C10H20N2O3S/c1-8-3-2-4-12(7-8)16(14,15)11-9-5-10(13)6-9/h8-11,13H,2-7H2,1H3. The summed E-state index contributed by atoms with van der Waals surface area (Å²) in [6, 6.07) is -0.0720. The van der Waals surface area contributed by atoms with E-state index in [4.69, 9.17) is 5.11 Å². The van der Waals surface area contributed by atoms with Gasteiger partial charge in [-0.25, -0.2) is 0 Å². The van der Waals surface area contributed by atoms with Crippen LogP contribution in [0.25, 0.3) is 0 Å². The zero-order valence-corrected chi connectivity index (χ0v) is 10.4. The lowest BCUT2D eigenvalue weighted by molar-refractivity contribution is 0.0703. The number of aliphatic hydroxyl groups is 1. The van der Waals surface area contributed by atoms with E-state index in [-0.39, 0.29) is 12.1 Å². The molecule has 1 heterocycles. The Morgan fingerprint density at radius 3 is 2.62 bits per heavy atom. The van der Waals surface area contributed by atoms with Crippen LogP contribution in [0.4, 0.5) is 0 Å². The van der Waals surface area contributed by atoms with Crippen molar-refractivity contribution in [3.63, 3.8) is 0 Å². The van der Waals surface area contributed by atoms with Crippen LogP contribution in [0.2, 0.25) is 0 Å². The van der Waals surface area contributed by atoms with Gasteiger partial charge >= 0.3 is 0 Å². The van der Waals surface area contributed by atoms with Gasteiger partial charge in [0.2, 0.25) is 0 Å². The summed E-state index contributed by atoms with van der Waals surface area (Å²) in [7, 11) is -3.33. The first-order valence-electron chi connectivity index (χ1n) is 5.93. The second-order valence-electron chi connectivity index (χ2n) is 5.05. The highest BCUT2D eigenvalue weighted by Gasteiger charge is 2.34. The van der Waals surface area contributed by atoms with Crippen molar-refractivity contribution in [1.29, 1.82) is 0 Å². The van der Waals surface area contributed by atoms with Crippen LogP contribution in [-0.4, -0.2) is 43.1 Å². The van der Waals surface area contributed by atoms with Crippen molar-refractivity contribution in [2.75, 3.05) is 13.1 Å². The van der Waals surface area contributed by atoms with Crippen LogP contribution < -0.4 is 4.72 Å². The van der Waals surface area contributed by atoms with Crippen LogP contribution in [0.1, 0.15) is 32.6 Å². The molecule has 0 aromatic rings. The number of aliphatic hydroxyl groups excluding tert-OH is 1. The number of nitrogens with zero attached hydrogens (tertiary/aromatic N) is 1. The van der Waals surface area contributed by atoms with Gasteiger partial charge in [0.25, 0.3) is 10.2 Å². The van der Waals surface area contributed by atoms with Crippen LogP contribution in [0.3, 0.4) is 0 Å². The molecule has 94 valence electrons. The first kappa shape index (κ1) is 12.3. The van der Waals surface area contributed by atoms with E-state index in [0.29, 0.717) is 31.8 Å². The summed E-state index contributed by atoms with van der Waals surface area (Å²) in [4.78, 5) is 0. The Labute approximate surface area is 97.0 Å². The fourth-order valence-corrected chi connectivity index (χ4v) is 3.92. The maximum atomic E-state index is 12.0. The predicted molar refractivity (Wildman–Crippen MR) is 61.1 cm³/mol. The van der Waals surface area contributed by atoms with E-state index >= 15 is 0 Å². The van der Waals surface area contributed by atoms with Gasteiger partial charge in [0.05, 0.1) is 6.10 Å². The lowest BCUT2D eigenvalue weighted by atomic mass is 9.91. The molecule has 2 fully saturated rings. The fraction of sp³-hybridized carbons (Fsp3) is 1.00. The number of nitrogens with one attached hydrogen (secondary N) is 1. The van der Waals surface area contributed by atoms with Crippen LogP contribution in [0.15, 0.2) is 0 Å². The van der Waals surface area contributed by atoms with Crippen molar-refractivity contribution in [3.05, 3.63) is 0 Å². The first-order valence-corrected chi connectivity index (χ1v) is 7.37. The number of piperidine rings is 1. The van der Waals surface area contributed by atoms with Gasteiger partial charge in [-0.3, -0.25) is 0 Å². The molecule has 0 bridgehead atoms. The van der Waals surface area contributed by atoms with Gasteiger partial charge in [0.1, 0.15) is 0 Å². The summed E-state index contributed by atoms with van der Waals surface area (Å²) in [6.45, 7) is 3.31. The molecule has 1 atom stereocenters. The molecule has 5 nitrogen and oxygen atoms in total. The molecule has 6 heteroatoms. The van der Waals surface area contributed by atoms with Crippen LogP contribution >= 0.6 is 0 Å². The smallest absolute Gasteiger partial charge is 0.279 e. The van der Waals surface area contributed by atoms with Gasteiger partial charge in [-0.2, -0.15) is 17.4 Å². The highest BCUT2D eigenvalue weighted by atomic mass is 32.2. The molecule has 1 aliphatic heterocycles. The Bertz CT molecular complexity index is 338. The second kappa shape index (κ2) is 4.60. The number of hydrogen-bond acceptors (Lipinski definition) is 3. The van der Waals surface area contributed by atoms with Gasteiger partial charge in [-0.05, 0) is 31.6 Å². The summed E-state index contributed by atoms with van der Waals surface area (Å²) >= 11 is 0. The lowest BCUT2D eigenvalue weighted by Crippen LogP contribution is -2.53. The van der Waals surface area contributed by atoms with Crippen LogP contribution in [0, 0.1) is 5.92 Å². The first-order chi connectivity index (χ1) is 7.47. The van der Waals surface area contributed by atoms with Gasteiger partial charge in [0, 0.05) is 19.1 Å². The van der Waals surface area contributed by atoms with Crippen molar-refractivity contribution in [2.45, 2.75) is 44.8 Å². The van der Waals surface area contributed by atoms with E-state index in [1.165, 1.54) is 4.31 Å². The Morgan fingerprint density at radius 1 is 1.38 bits per heavy atom. The molecular formula is C10H20N2O3S. The maximum Gasteiger partial charge on any atom is 0.279 e. The summed E-state index contributed by atoms with van der Waals surface area (Å²) < 4.78 is 28.1. The minimum atomic E-state index is -3.33. The minimum absolute atomic E-state index is 0.0720. The molecule has 2 N–H and O–H groups in total. The highest BCUT2D eigenvalue weighted by molar-refractivity contribution is 7.87. The van der Waals surface area contributed by atoms with Crippen molar-refractivity contribution >= 4 is 10.2 Å². The van der Waals surface area contributed by atoms with Crippen molar-refractivity contribution in [3.8, 4) is 0 Å². The average molecular weight is 248 g/mol. The van der Waals surface area contributed by atoms with E-state index < -0.39 is 10.2 Å². The fourth-order valence-electron chi connectivity index (χ4n) is 2.33. The lowest BCUT2D eigenvalue weighted by Gasteiger charge is -2.36. The van der Waals surface area contributed by atoms with E-state index in [1.54, 1.807) is 0 Å². The maximum absolute atomic E-state index is 12.0. The van der Waals surface area contributed by atoms with Gasteiger partial charge in [-0.15, -0.1) is 0 Å². The molecule has 1 unspecified atom stereocenters. The molecule has 16 heavy (non-hydrogen) atoms. The molecule has 0 radical (unpaired) electrons. The van der Waals surface area contributed by atoms with Gasteiger partial charge in [0.15, 0.2) is 0 Å². The molecular weight excluding hydrogens is 228 g/mol. The predicted octanol–water partition coefficient (Wildman–Crippen LogP) is 0.0760. The van der Waals surface area contributed by atoms with Crippen molar-refractivity contribution in [2.24, 2.45) is 5.92 Å². The second-order valence-corrected chi connectivity index (χ2v) is 6.75. The average Bonchev–Trinajstić information content (AvgIpc) is 2.15. The van der Waals surface area contributed by atoms with Crippen LogP contribution in [-0.2, 0) is 10.2 Å². The monoisotopic (exact) mass is 248 g/mol. The SMILES string of the molecule is CC1CCCN(S(=O)(=O)NC2CC(O)C2)C1. The Kier molecular flexibility index (Phi) is 3.53. The molecule has 1 aliphatic carbocycles. The Balaban J connectivity index is 1.90. The minimum Gasteiger partial charge on any atom is -0.393 e. The topological polar surface area (TPSA) is 69.6 Å². The third-order valence-electron chi connectivity index (χ3n) is 3.39. The van der Waals surface area contributed by atoms with Gasteiger partial charge in [-0.1, -0.05) is 6.92 Å². The summed E-state index contributed by atoms with van der Waals surface area (Å²) in [5.41, 5.74) is 0. The third-order valence-corrected chi connectivity index (χ3v) is 5.03. The van der Waals surface area contributed by atoms with E-state index in [9.17, 15) is 8.42 Å². The summed E-state index contributed by atoms with van der Waals surface area (Å²) in [5.74, 6) is 0.442. The number of hydrogen-bond donors (Lipinski definition) is 2. The van der Waals surface area contributed by atoms with Gasteiger partial charge < -0.3 is 5.11 Å². The molecule has 2 aliphatic rings. The Morgan fingerprint density at radius 2 is 2.06 bits per heavy atom. The van der Waals surface area contributed by atoms with E-state index in [0.717, 1.165) is 12.8 Å². The molecule has 1 saturated heterocycles. The van der Waals surface area contributed by atoms with E-state index in [2.05, 4.69) is 11.6 Å². The molecule has 1 saturated carbocycles. The molecule has 0 aromatic heterocycles. The zero-order valence-electron chi connectivity index (χ0n) is 9.59. The highest BCUT2D eigenvalue weighted by Crippen LogP contribution is 2.23. The summed E-state index contributed by atoms with van der Waals surface area (Å²) in [6.07, 6.45) is 2.81. The van der Waals surface area contributed by atoms with Crippen molar-refractivity contribution < 1.29 is 13.5 Å². The molecule has 0 amide bonds.